The minimum Gasteiger partial charge on any atom is -0.397 e. The third kappa shape index (κ3) is 3.05. The molecule has 3 heteroatoms. The van der Waals surface area contributed by atoms with Crippen LogP contribution in [-0.2, 0) is 6.54 Å². The van der Waals surface area contributed by atoms with E-state index in [-0.39, 0.29) is 0 Å². The summed E-state index contributed by atoms with van der Waals surface area (Å²) in [4.78, 5) is 0. The zero-order valence-corrected chi connectivity index (χ0v) is 11.2. The molecule has 0 unspecified atom stereocenters. The number of anilines is 2. The van der Waals surface area contributed by atoms with E-state index < -0.39 is 0 Å². The summed E-state index contributed by atoms with van der Waals surface area (Å²) in [6.45, 7) is 4.89. The first-order chi connectivity index (χ1) is 9.10. The van der Waals surface area contributed by atoms with Gasteiger partial charge >= 0.3 is 0 Å². The fraction of sp³-hybridized carbons (Fsp3) is 0.188. The van der Waals surface area contributed by atoms with E-state index in [1.54, 1.807) is 18.2 Å². The highest BCUT2D eigenvalue weighted by Gasteiger charge is 2.02. The van der Waals surface area contributed by atoms with Gasteiger partial charge < -0.3 is 11.1 Å². The monoisotopic (exact) mass is 251 g/mol. The largest absolute Gasteiger partial charge is 0.397 e. The summed E-state index contributed by atoms with van der Waals surface area (Å²) in [6, 6.07) is 13.7. The molecule has 0 bridgehead atoms. The number of hydrogen-bond donors (Lipinski definition) is 2. The lowest BCUT2D eigenvalue weighted by molar-refractivity contribution is 1.13. The van der Waals surface area contributed by atoms with E-state index >= 15 is 0 Å². The average Bonchev–Trinajstić information content (AvgIpc) is 2.41. The summed E-state index contributed by atoms with van der Waals surface area (Å²) in [5.74, 6) is 0. The molecule has 0 fully saturated rings. The highest BCUT2D eigenvalue weighted by Crippen LogP contribution is 2.21. The van der Waals surface area contributed by atoms with E-state index in [0.29, 0.717) is 17.8 Å². The Kier molecular flexibility index (Phi) is 3.72. The van der Waals surface area contributed by atoms with Crippen molar-refractivity contribution in [2.45, 2.75) is 20.4 Å². The number of nitrogen functional groups attached to an aromatic ring is 1. The molecular weight excluding hydrogens is 234 g/mol. The Bertz CT molecular complexity index is 639. The van der Waals surface area contributed by atoms with Crippen LogP contribution in [-0.4, -0.2) is 0 Å². The van der Waals surface area contributed by atoms with Crippen molar-refractivity contribution in [3.05, 3.63) is 58.7 Å². The van der Waals surface area contributed by atoms with Crippen LogP contribution in [0.15, 0.2) is 36.4 Å². The number of nitrogens with two attached hydrogens (primary N) is 1. The van der Waals surface area contributed by atoms with Gasteiger partial charge in [-0.15, -0.1) is 0 Å². The zero-order valence-electron chi connectivity index (χ0n) is 11.2. The van der Waals surface area contributed by atoms with Gasteiger partial charge in [0.1, 0.15) is 0 Å². The smallest absolute Gasteiger partial charge is 0.0992 e. The number of hydrogen-bond acceptors (Lipinski definition) is 3. The second kappa shape index (κ2) is 5.45. The summed E-state index contributed by atoms with van der Waals surface area (Å²) in [5.41, 5.74) is 11.7. The van der Waals surface area contributed by atoms with Crippen LogP contribution in [0.1, 0.15) is 22.3 Å². The van der Waals surface area contributed by atoms with Crippen molar-refractivity contribution in [2.75, 3.05) is 11.1 Å². The first-order valence-corrected chi connectivity index (χ1v) is 6.20. The molecule has 0 amide bonds. The normalized spacial score (nSPS) is 9.95. The Hall–Kier alpha value is -2.47. The van der Waals surface area contributed by atoms with Crippen LogP contribution >= 0.6 is 0 Å². The third-order valence-electron chi connectivity index (χ3n) is 3.24. The molecule has 0 aliphatic carbocycles. The van der Waals surface area contributed by atoms with Crippen molar-refractivity contribution in [3.8, 4) is 6.07 Å². The second-order valence-electron chi connectivity index (χ2n) is 4.69. The number of rotatable bonds is 3. The zero-order chi connectivity index (χ0) is 13.8. The lowest BCUT2D eigenvalue weighted by Crippen LogP contribution is -2.03. The van der Waals surface area contributed by atoms with Crippen molar-refractivity contribution in [3.63, 3.8) is 0 Å². The maximum Gasteiger partial charge on any atom is 0.0992 e. The highest BCUT2D eigenvalue weighted by atomic mass is 14.9. The molecule has 2 aromatic rings. The molecule has 0 aromatic heterocycles. The molecule has 0 radical (unpaired) electrons. The lowest BCUT2D eigenvalue weighted by Gasteiger charge is -2.11. The molecule has 0 saturated carbocycles. The van der Waals surface area contributed by atoms with Gasteiger partial charge in [0.2, 0.25) is 0 Å². The van der Waals surface area contributed by atoms with Crippen molar-refractivity contribution in [2.24, 2.45) is 0 Å². The lowest BCUT2D eigenvalue weighted by atomic mass is 10.1. The summed E-state index contributed by atoms with van der Waals surface area (Å²) in [7, 11) is 0. The van der Waals surface area contributed by atoms with Gasteiger partial charge in [-0.05, 0) is 48.7 Å². The van der Waals surface area contributed by atoms with Gasteiger partial charge in [0.05, 0.1) is 23.0 Å². The van der Waals surface area contributed by atoms with Crippen LogP contribution < -0.4 is 11.1 Å². The number of benzene rings is 2. The Morgan fingerprint density at radius 2 is 1.89 bits per heavy atom. The second-order valence-corrected chi connectivity index (χ2v) is 4.69. The first kappa shape index (κ1) is 13.0. The Balaban J connectivity index is 2.14. The number of nitrogens with zero attached hydrogens (tertiary/aromatic N) is 1. The number of nitriles is 1. The van der Waals surface area contributed by atoms with Gasteiger partial charge in [-0.2, -0.15) is 5.26 Å². The van der Waals surface area contributed by atoms with Crippen molar-refractivity contribution in [1.29, 1.82) is 5.26 Å². The first-order valence-electron chi connectivity index (χ1n) is 6.20. The van der Waals surface area contributed by atoms with E-state index in [1.165, 1.54) is 16.7 Å². The van der Waals surface area contributed by atoms with Gasteiger partial charge in [-0.3, -0.25) is 0 Å². The Labute approximate surface area is 113 Å². The van der Waals surface area contributed by atoms with Crippen LogP contribution in [0, 0.1) is 25.2 Å². The quantitative estimate of drug-likeness (QED) is 0.822. The summed E-state index contributed by atoms with van der Waals surface area (Å²) < 4.78 is 0. The number of nitrogens with one attached hydrogen (secondary N) is 1. The third-order valence-corrected chi connectivity index (χ3v) is 3.24. The van der Waals surface area contributed by atoms with Crippen LogP contribution in [0.3, 0.4) is 0 Å². The fourth-order valence-electron chi connectivity index (χ4n) is 1.89. The molecule has 0 atom stereocenters. The summed E-state index contributed by atoms with van der Waals surface area (Å²) >= 11 is 0. The van der Waals surface area contributed by atoms with E-state index in [9.17, 15) is 0 Å². The fourth-order valence-corrected chi connectivity index (χ4v) is 1.89. The Morgan fingerprint density at radius 1 is 1.11 bits per heavy atom. The number of aryl methyl sites for hydroxylation is 2. The molecule has 0 spiro atoms. The van der Waals surface area contributed by atoms with Crippen molar-refractivity contribution >= 4 is 11.4 Å². The topological polar surface area (TPSA) is 61.8 Å². The van der Waals surface area contributed by atoms with Gasteiger partial charge in [-0.25, -0.2) is 0 Å². The van der Waals surface area contributed by atoms with E-state index in [2.05, 4.69) is 43.4 Å². The average molecular weight is 251 g/mol. The predicted molar refractivity (Wildman–Crippen MR) is 78.8 cm³/mol. The molecule has 2 aromatic carbocycles. The van der Waals surface area contributed by atoms with Gasteiger partial charge in [0.25, 0.3) is 0 Å². The molecule has 3 nitrogen and oxygen atoms in total. The molecule has 96 valence electrons. The van der Waals surface area contributed by atoms with Crippen LogP contribution in [0.2, 0.25) is 0 Å². The maximum absolute atomic E-state index is 8.89. The van der Waals surface area contributed by atoms with Crippen LogP contribution in [0.4, 0.5) is 11.4 Å². The standard InChI is InChI=1S/C16H17N3/c1-11-3-4-14(7-12(11)2)10-19-16-8-13(9-17)5-6-15(16)18/h3-8,19H,10,18H2,1-2H3. The van der Waals surface area contributed by atoms with Gasteiger partial charge in [0.15, 0.2) is 0 Å². The van der Waals surface area contributed by atoms with Gasteiger partial charge in [0, 0.05) is 6.54 Å². The highest BCUT2D eigenvalue weighted by molar-refractivity contribution is 5.68. The minimum atomic E-state index is 0.608. The molecule has 2 rings (SSSR count). The molecule has 0 aliphatic rings. The van der Waals surface area contributed by atoms with Crippen LogP contribution in [0.5, 0.6) is 0 Å². The van der Waals surface area contributed by atoms with Gasteiger partial charge in [-0.1, -0.05) is 18.2 Å². The summed E-state index contributed by atoms with van der Waals surface area (Å²) in [5, 5.41) is 12.2. The minimum absolute atomic E-state index is 0.608. The molecule has 3 N–H and O–H groups in total. The molecule has 0 aliphatic heterocycles. The molecular formula is C16H17N3. The SMILES string of the molecule is Cc1ccc(CNc2cc(C#N)ccc2N)cc1C. The van der Waals surface area contributed by atoms with E-state index in [4.69, 9.17) is 11.0 Å². The van der Waals surface area contributed by atoms with Crippen molar-refractivity contribution in [1.82, 2.24) is 0 Å². The predicted octanol–water partition coefficient (Wildman–Crippen LogP) is 3.37. The molecule has 0 saturated heterocycles. The van der Waals surface area contributed by atoms with E-state index in [0.717, 1.165) is 5.69 Å². The van der Waals surface area contributed by atoms with Crippen molar-refractivity contribution < 1.29 is 0 Å². The molecule has 0 heterocycles. The summed E-state index contributed by atoms with van der Waals surface area (Å²) in [6.07, 6.45) is 0. The Morgan fingerprint density at radius 3 is 2.58 bits per heavy atom. The maximum atomic E-state index is 8.89. The van der Waals surface area contributed by atoms with E-state index in [1.807, 2.05) is 0 Å². The molecule has 19 heavy (non-hydrogen) atoms. The van der Waals surface area contributed by atoms with Crippen LogP contribution in [0.25, 0.3) is 0 Å².